The molecule has 0 spiro atoms. The van der Waals surface area contributed by atoms with Crippen molar-refractivity contribution in [2.75, 3.05) is 13.7 Å². The molecule has 0 aliphatic heterocycles. The third-order valence-electron chi connectivity index (χ3n) is 3.18. The number of aryl methyl sites for hydroxylation is 1. The molecule has 0 heterocycles. The van der Waals surface area contributed by atoms with Gasteiger partial charge in [0.15, 0.2) is 0 Å². The molecule has 106 valence electrons. The quantitative estimate of drug-likeness (QED) is 0.770. The lowest BCUT2D eigenvalue weighted by Crippen LogP contribution is -2.41. The van der Waals surface area contributed by atoms with Gasteiger partial charge in [0, 0.05) is 6.61 Å². The van der Waals surface area contributed by atoms with Crippen LogP contribution in [0.2, 0.25) is 0 Å². The van der Waals surface area contributed by atoms with E-state index in [2.05, 4.69) is 0 Å². The number of esters is 1. The summed E-state index contributed by atoms with van der Waals surface area (Å²) in [5.41, 5.74) is 0.180. The maximum Gasteiger partial charge on any atom is 0.349 e. The summed E-state index contributed by atoms with van der Waals surface area (Å²) in [6, 6.07) is 7.56. The van der Waals surface area contributed by atoms with E-state index < -0.39 is 5.60 Å². The molecule has 0 aliphatic rings. The summed E-state index contributed by atoms with van der Waals surface area (Å²) in [5, 5.41) is 8.78. The molecule has 1 aromatic carbocycles. The van der Waals surface area contributed by atoms with E-state index in [4.69, 9.17) is 14.6 Å². The lowest BCUT2D eigenvalue weighted by Gasteiger charge is -2.26. The Morgan fingerprint density at radius 2 is 1.95 bits per heavy atom. The second kappa shape index (κ2) is 7.14. The largest absolute Gasteiger partial charge is 0.476 e. The monoisotopic (exact) mass is 266 g/mol. The van der Waals surface area contributed by atoms with Crippen LogP contribution in [0, 0.1) is 0 Å². The number of aliphatic hydroxyl groups is 1. The minimum absolute atomic E-state index is 0.189. The summed E-state index contributed by atoms with van der Waals surface area (Å²) in [4.78, 5) is 11.7. The van der Waals surface area contributed by atoms with Crippen molar-refractivity contribution in [2.24, 2.45) is 0 Å². The van der Waals surface area contributed by atoms with Gasteiger partial charge in [0.1, 0.15) is 5.75 Å². The van der Waals surface area contributed by atoms with E-state index in [0.29, 0.717) is 12.2 Å². The molecular weight excluding hydrogens is 244 g/mol. The van der Waals surface area contributed by atoms with Crippen LogP contribution < -0.4 is 4.74 Å². The predicted octanol–water partition coefficient (Wildman–Crippen LogP) is 2.33. The average Bonchev–Trinajstić information content (AvgIpc) is 2.45. The normalized spacial score (nSPS) is 13.7. The zero-order valence-electron chi connectivity index (χ0n) is 11.8. The van der Waals surface area contributed by atoms with Gasteiger partial charge in [-0.25, -0.2) is 4.79 Å². The highest BCUT2D eigenvalue weighted by molar-refractivity contribution is 5.79. The van der Waals surface area contributed by atoms with Crippen LogP contribution in [0.1, 0.15) is 32.3 Å². The number of rotatable bonds is 7. The number of methoxy groups -OCH3 is 1. The maximum absolute atomic E-state index is 11.7. The van der Waals surface area contributed by atoms with Gasteiger partial charge in [-0.05, 0) is 43.9 Å². The number of carbonyl (C=O) groups is 1. The van der Waals surface area contributed by atoms with E-state index in [0.717, 1.165) is 18.4 Å². The van der Waals surface area contributed by atoms with Crippen LogP contribution in [0.15, 0.2) is 24.3 Å². The third-order valence-corrected chi connectivity index (χ3v) is 3.18. The van der Waals surface area contributed by atoms with Crippen molar-refractivity contribution in [3.05, 3.63) is 29.8 Å². The fourth-order valence-corrected chi connectivity index (χ4v) is 1.74. The predicted molar refractivity (Wildman–Crippen MR) is 73.2 cm³/mol. The molecule has 0 radical (unpaired) electrons. The van der Waals surface area contributed by atoms with Crippen LogP contribution >= 0.6 is 0 Å². The van der Waals surface area contributed by atoms with Crippen molar-refractivity contribution in [3.63, 3.8) is 0 Å². The maximum atomic E-state index is 11.7. The number of hydrogen-bond acceptors (Lipinski definition) is 4. The van der Waals surface area contributed by atoms with Crippen molar-refractivity contribution in [3.8, 4) is 5.75 Å². The average molecular weight is 266 g/mol. The van der Waals surface area contributed by atoms with Crippen LogP contribution in [0.5, 0.6) is 5.75 Å². The number of ether oxygens (including phenoxy) is 2. The number of benzene rings is 1. The van der Waals surface area contributed by atoms with Crippen molar-refractivity contribution < 1.29 is 19.4 Å². The molecule has 0 unspecified atom stereocenters. The Morgan fingerprint density at radius 3 is 2.42 bits per heavy atom. The highest BCUT2D eigenvalue weighted by Crippen LogP contribution is 2.23. The molecule has 1 atom stereocenters. The Balaban J connectivity index is 2.73. The third kappa shape index (κ3) is 4.24. The van der Waals surface area contributed by atoms with Gasteiger partial charge in [0.2, 0.25) is 5.60 Å². The van der Waals surface area contributed by atoms with Gasteiger partial charge < -0.3 is 14.6 Å². The standard InChI is InChI=1S/C15H22O4/c1-4-15(2,14(17)18-3)19-13-9-7-12(8-10-13)6-5-11-16/h7-10,16H,4-6,11H2,1-3H3/t15-/m1/s1. The van der Waals surface area contributed by atoms with Crippen LogP contribution in [0.25, 0.3) is 0 Å². The molecule has 0 bridgehead atoms. The fraction of sp³-hybridized carbons (Fsp3) is 0.533. The minimum atomic E-state index is -0.957. The van der Waals surface area contributed by atoms with Gasteiger partial charge in [-0.3, -0.25) is 0 Å². The molecule has 4 nitrogen and oxygen atoms in total. The molecule has 1 aromatic rings. The first kappa shape index (κ1) is 15.5. The Kier molecular flexibility index (Phi) is 5.83. The number of hydrogen-bond donors (Lipinski definition) is 1. The van der Waals surface area contributed by atoms with Gasteiger partial charge >= 0.3 is 5.97 Å². The summed E-state index contributed by atoms with van der Waals surface area (Å²) in [6.45, 7) is 3.79. The van der Waals surface area contributed by atoms with E-state index >= 15 is 0 Å². The first-order valence-corrected chi connectivity index (χ1v) is 6.53. The SMILES string of the molecule is CC[C@@](C)(Oc1ccc(CCCO)cc1)C(=O)OC. The molecule has 0 fully saturated rings. The minimum Gasteiger partial charge on any atom is -0.476 e. The fourth-order valence-electron chi connectivity index (χ4n) is 1.74. The molecule has 0 saturated carbocycles. The Labute approximate surface area is 114 Å². The molecule has 1 N–H and O–H groups in total. The Hall–Kier alpha value is -1.55. The van der Waals surface area contributed by atoms with Gasteiger partial charge in [-0.1, -0.05) is 19.1 Å². The Morgan fingerprint density at radius 1 is 1.32 bits per heavy atom. The Bertz CT molecular complexity index is 399. The van der Waals surface area contributed by atoms with Crippen LogP contribution in [-0.4, -0.2) is 30.4 Å². The second-order valence-electron chi connectivity index (χ2n) is 4.65. The molecule has 0 amide bonds. The zero-order chi connectivity index (χ0) is 14.3. The van der Waals surface area contributed by atoms with Crippen molar-refractivity contribution in [1.82, 2.24) is 0 Å². The van der Waals surface area contributed by atoms with Crippen LogP contribution in [0.4, 0.5) is 0 Å². The zero-order valence-corrected chi connectivity index (χ0v) is 11.8. The number of carbonyl (C=O) groups excluding carboxylic acids is 1. The summed E-state index contributed by atoms with van der Waals surface area (Å²) in [7, 11) is 1.36. The summed E-state index contributed by atoms with van der Waals surface area (Å²) in [6.07, 6.45) is 2.11. The molecule has 19 heavy (non-hydrogen) atoms. The van der Waals surface area contributed by atoms with E-state index in [1.165, 1.54) is 7.11 Å². The number of aliphatic hydroxyl groups excluding tert-OH is 1. The van der Waals surface area contributed by atoms with Crippen molar-refractivity contribution in [1.29, 1.82) is 0 Å². The summed E-state index contributed by atoms with van der Waals surface area (Å²) >= 11 is 0. The van der Waals surface area contributed by atoms with E-state index in [1.54, 1.807) is 6.92 Å². The molecular formula is C15H22O4. The molecule has 0 saturated heterocycles. The highest BCUT2D eigenvalue weighted by Gasteiger charge is 2.34. The van der Waals surface area contributed by atoms with E-state index in [-0.39, 0.29) is 12.6 Å². The van der Waals surface area contributed by atoms with Gasteiger partial charge in [-0.15, -0.1) is 0 Å². The van der Waals surface area contributed by atoms with E-state index in [1.807, 2.05) is 31.2 Å². The van der Waals surface area contributed by atoms with Gasteiger partial charge in [0.25, 0.3) is 0 Å². The lowest BCUT2D eigenvalue weighted by atomic mass is 10.0. The molecule has 4 heteroatoms. The summed E-state index contributed by atoms with van der Waals surface area (Å²) < 4.78 is 10.5. The molecule has 0 aromatic heterocycles. The molecule has 0 aliphatic carbocycles. The first-order valence-electron chi connectivity index (χ1n) is 6.53. The second-order valence-corrected chi connectivity index (χ2v) is 4.65. The topological polar surface area (TPSA) is 55.8 Å². The molecule has 1 rings (SSSR count). The van der Waals surface area contributed by atoms with Crippen LogP contribution in [0.3, 0.4) is 0 Å². The van der Waals surface area contributed by atoms with Gasteiger partial charge in [0.05, 0.1) is 7.11 Å². The lowest BCUT2D eigenvalue weighted by molar-refractivity contribution is -0.157. The smallest absolute Gasteiger partial charge is 0.349 e. The first-order chi connectivity index (χ1) is 9.05. The van der Waals surface area contributed by atoms with Crippen molar-refractivity contribution >= 4 is 5.97 Å². The highest BCUT2D eigenvalue weighted by atomic mass is 16.6. The van der Waals surface area contributed by atoms with Gasteiger partial charge in [-0.2, -0.15) is 0 Å². The van der Waals surface area contributed by atoms with Crippen molar-refractivity contribution in [2.45, 2.75) is 38.7 Å². The van der Waals surface area contributed by atoms with Crippen LogP contribution in [-0.2, 0) is 16.0 Å². The van der Waals surface area contributed by atoms with E-state index in [9.17, 15) is 4.79 Å². The summed E-state index contributed by atoms with van der Waals surface area (Å²) in [5.74, 6) is 0.266.